The number of ether oxygens (including phenoxy) is 1. The van der Waals surface area contributed by atoms with E-state index in [2.05, 4.69) is 20.8 Å². The molecule has 0 aliphatic heterocycles. The fourth-order valence-corrected chi connectivity index (χ4v) is 9.36. The third kappa shape index (κ3) is 4.53. The van der Waals surface area contributed by atoms with Crippen LogP contribution in [0.2, 0.25) is 0 Å². The predicted molar refractivity (Wildman–Crippen MR) is 130 cm³/mol. The van der Waals surface area contributed by atoms with Crippen molar-refractivity contribution in [1.82, 2.24) is 0 Å². The van der Waals surface area contributed by atoms with E-state index in [1.807, 2.05) is 0 Å². The standard InChI is InChI=1S/C29H50O3/c1-5-6-7-8-9-10-11-21-12-13-24-23-19-27(31)26-18-22(32-20(2)30)14-16-29(26,4)25(23)15-17-28(21,24)3/h21-27,31H,5-19H2,1-4H3/t21-,22-,23-,24-,25-,26?,27+,28+,29+/m0/s1. The van der Waals surface area contributed by atoms with E-state index in [-0.39, 0.29) is 23.6 Å². The summed E-state index contributed by atoms with van der Waals surface area (Å²) in [6.07, 6.45) is 19.1. The first kappa shape index (κ1) is 24.6. The fraction of sp³-hybridized carbons (Fsp3) is 0.966. The van der Waals surface area contributed by atoms with Crippen LogP contribution in [0.3, 0.4) is 0 Å². The summed E-state index contributed by atoms with van der Waals surface area (Å²) in [5.41, 5.74) is 0.722. The van der Waals surface area contributed by atoms with Gasteiger partial charge in [0.2, 0.25) is 0 Å². The van der Waals surface area contributed by atoms with E-state index in [0.29, 0.717) is 17.3 Å². The van der Waals surface area contributed by atoms with Crippen LogP contribution in [0.15, 0.2) is 0 Å². The fourth-order valence-electron chi connectivity index (χ4n) is 9.36. The molecule has 0 spiro atoms. The highest BCUT2D eigenvalue weighted by Gasteiger charge is 2.62. The summed E-state index contributed by atoms with van der Waals surface area (Å²) in [4.78, 5) is 11.5. The highest BCUT2D eigenvalue weighted by molar-refractivity contribution is 5.66. The maximum atomic E-state index is 11.5. The molecule has 4 aliphatic carbocycles. The van der Waals surface area contributed by atoms with Gasteiger partial charge in [0.1, 0.15) is 6.10 Å². The molecular formula is C29H50O3. The average molecular weight is 447 g/mol. The van der Waals surface area contributed by atoms with Gasteiger partial charge in [-0.05, 0) is 98.2 Å². The summed E-state index contributed by atoms with van der Waals surface area (Å²) < 4.78 is 5.59. The molecule has 0 aromatic heterocycles. The molecule has 184 valence electrons. The van der Waals surface area contributed by atoms with E-state index in [1.54, 1.807) is 0 Å². The minimum absolute atomic E-state index is 0.0128. The van der Waals surface area contributed by atoms with Gasteiger partial charge in [0.15, 0.2) is 0 Å². The predicted octanol–water partition coefficient (Wildman–Crippen LogP) is 7.30. The second-order valence-electron chi connectivity index (χ2n) is 12.7. The van der Waals surface area contributed by atoms with Crippen molar-refractivity contribution in [2.24, 2.45) is 40.4 Å². The van der Waals surface area contributed by atoms with E-state index < -0.39 is 0 Å². The van der Waals surface area contributed by atoms with Crippen LogP contribution in [0.1, 0.15) is 124 Å². The van der Waals surface area contributed by atoms with Gasteiger partial charge in [0, 0.05) is 6.92 Å². The molecule has 3 nitrogen and oxygen atoms in total. The number of aliphatic hydroxyl groups excluding tert-OH is 1. The summed E-state index contributed by atoms with van der Waals surface area (Å²) >= 11 is 0. The van der Waals surface area contributed by atoms with Crippen LogP contribution in [-0.4, -0.2) is 23.3 Å². The summed E-state index contributed by atoms with van der Waals surface area (Å²) in [5, 5.41) is 11.3. The Morgan fingerprint density at radius 2 is 1.56 bits per heavy atom. The molecule has 3 heteroatoms. The van der Waals surface area contributed by atoms with E-state index in [1.165, 1.54) is 77.6 Å². The van der Waals surface area contributed by atoms with Crippen molar-refractivity contribution in [1.29, 1.82) is 0 Å². The maximum absolute atomic E-state index is 11.5. The molecule has 0 heterocycles. The Morgan fingerprint density at radius 1 is 0.875 bits per heavy atom. The van der Waals surface area contributed by atoms with Crippen molar-refractivity contribution < 1.29 is 14.6 Å². The average Bonchev–Trinajstić information content (AvgIpc) is 3.08. The first-order valence-corrected chi connectivity index (χ1v) is 14.1. The first-order chi connectivity index (χ1) is 15.3. The van der Waals surface area contributed by atoms with Crippen LogP contribution in [0.25, 0.3) is 0 Å². The van der Waals surface area contributed by atoms with Crippen LogP contribution in [-0.2, 0) is 9.53 Å². The van der Waals surface area contributed by atoms with Gasteiger partial charge >= 0.3 is 5.97 Å². The Morgan fingerprint density at radius 3 is 2.31 bits per heavy atom. The zero-order valence-electron chi connectivity index (χ0n) is 21.4. The molecule has 0 amide bonds. The summed E-state index contributed by atoms with van der Waals surface area (Å²) in [5.74, 6) is 3.29. The number of carbonyl (C=O) groups is 1. The largest absolute Gasteiger partial charge is 0.463 e. The topological polar surface area (TPSA) is 46.5 Å². The number of carbonyl (C=O) groups excluding carboxylic acids is 1. The van der Waals surface area contributed by atoms with Gasteiger partial charge < -0.3 is 9.84 Å². The summed E-state index contributed by atoms with van der Waals surface area (Å²) in [7, 11) is 0. The molecule has 4 saturated carbocycles. The van der Waals surface area contributed by atoms with Gasteiger partial charge in [-0.25, -0.2) is 0 Å². The normalized spacial score (nSPS) is 45.6. The van der Waals surface area contributed by atoms with Crippen molar-refractivity contribution in [3.8, 4) is 0 Å². The zero-order chi connectivity index (χ0) is 22.9. The molecule has 4 fully saturated rings. The van der Waals surface area contributed by atoms with Crippen LogP contribution >= 0.6 is 0 Å². The van der Waals surface area contributed by atoms with Crippen molar-refractivity contribution in [2.75, 3.05) is 0 Å². The Labute approximate surface area is 197 Å². The molecule has 0 radical (unpaired) electrons. The van der Waals surface area contributed by atoms with Gasteiger partial charge in [0.05, 0.1) is 6.10 Å². The maximum Gasteiger partial charge on any atom is 0.302 e. The van der Waals surface area contributed by atoms with E-state index in [0.717, 1.165) is 43.4 Å². The second-order valence-corrected chi connectivity index (χ2v) is 12.7. The minimum atomic E-state index is -0.223. The Kier molecular flexibility index (Phi) is 7.64. The highest BCUT2D eigenvalue weighted by atomic mass is 16.5. The minimum Gasteiger partial charge on any atom is -0.463 e. The molecule has 1 N–H and O–H groups in total. The van der Waals surface area contributed by atoms with Crippen LogP contribution in [0.5, 0.6) is 0 Å². The third-order valence-corrected chi connectivity index (χ3v) is 11.1. The lowest BCUT2D eigenvalue weighted by atomic mass is 9.44. The zero-order valence-corrected chi connectivity index (χ0v) is 21.4. The molecule has 4 aliphatic rings. The molecule has 1 unspecified atom stereocenters. The Balaban J connectivity index is 1.40. The number of esters is 1. The van der Waals surface area contributed by atoms with Crippen LogP contribution in [0.4, 0.5) is 0 Å². The molecule has 0 saturated heterocycles. The van der Waals surface area contributed by atoms with Gasteiger partial charge in [-0.2, -0.15) is 0 Å². The summed E-state index contributed by atoms with van der Waals surface area (Å²) in [6.45, 7) is 8.92. The molecule has 0 bridgehead atoms. The number of aliphatic hydroxyl groups is 1. The third-order valence-electron chi connectivity index (χ3n) is 11.1. The molecule has 0 aromatic rings. The van der Waals surface area contributed by atoms with Crippen molar-refractivity contribution in [2.45, 2.75) is 136 Å². The van der Waals surface area contributed by atoms with Crippen molar-refractivity contribution in [3.63, 3.8) is 0 Å². The highest BCUT2D eigenvalue weighted by Crippen LogP contribution is 2.68. The molecule has 9 atom stereocenters. The van der Waals surface area contributed by atoms with Crippen LogP contribution < -0.4 is 0 Å². The number of hydrogen-bond acceptors (Lipinski definition) is 3. The number of hydrogen-bond donors (Lipinski definition) is 1. The smallest absolute Gasteiger partial charge is 0.302 e. The number of fused-ring (bicyclic) bond motifs is 5. The first-order valence-electron chi connectivity index (χ1n) is 14.1. The molecular weight excluding hydrogens is 396 g/mol. The SMILES string of the molecule is CCCCCCCC[C@H]1CC[C@H]2[C@@H]3C[C@@H](O)C4C[C@@H](OC(C)=O)CC[C@]4(C)[C@H]3CC[C@]12C. The van der Waals surface area contributed by atoms with Crippen molar-refractivity contribution >= 4 is 5.97 Å². The summed E-state index contributed by atoms with van der Waals surface area (Å²) in [6, 6.07) is 0. The van der Waals surface area contributed by atoms with Crippen LogP contribution in [0, 0.1) is 40.4 Å². The van der Waals surface area contributed by atoms with Crippen molar-refractivity contribution in [3.05, 3.63) is 0 Å². The molecule has 0 aromatic carbocycles. The Bertz CT molecular complexity index is 646. The quantitative estimate of drug-likeness (QED) is 0.314. The van der Waals surface area contributed by atoms with E-state index in [4.69, 9.17) is 4.74 Å². The van der Waals surface area contributed by atoms with E-state index in [9.17, 15) is 9.90 Å². The van der Waals surface area contributed by atoms with Gasteiger partial charge in [-0.1, -0.05) is 59.3 Å². The molecule has 4 rings (SSSR count). The number of unbranched alkanes of at least 4 members (excludes halogenated alkanes) is 5. The second kappa shape index (κ2) is 9.96. The van der Waals surface area contributed by atoms with Gasteiger partial charge in [-0.3, -0.25) is 4.79 Å². The Hall–Kier alpha value is -0.570. The lowest BCUT2D eigenvalue weighted by Gasteiger charge is -2.62. The molecule has 32 heavy (non-hydrogen) atoms. The van der Waals surface area contributed by atoms with Gasteiger partial charge in [-0.15, -0.1) is 0 Å². The lowest BCUT2D eigenvalue weighted by Crippen LogP contribution is -2.58. The van der Waals surface area contributed by atoms with Gasteiger partial charge in [0.25, 0.3) is 0 Å². The monoisotopic (exact) mass is 446 g/mol. The number of rotatable bonds is 8. The van der Waals surface area contributed by atoms with E-state index >= 15 is 0 Å². The lowest BCUT2D eigenvalue weighted by molar-refractivity contribution is -0.181.